The maximum absolute atomic E-state index is 12.3. The van der Waals surface area contributed by atoms with E-state index >= 15 is 0 Å². The Morgan fingerprint density at radius 1 is 0.839 bits per heavy atom. The first kappa shape index (κ1) is 30.0. The number of nitrogens with two attached hydrogens (primary N) is 1. The summed E-state index contributed by atoms with van der Waals surface area (Å²) < 4.78 is 11.2. The van der Waals surface area contributed by atoms with E-state index in [9.17, 15) is 9.59 Å². The molecule has 0 saturated heterocycles. The SMILES string of the molecule is CC(OC(=O)NC1CCCCC1)N(CCCN)C(C)OC(=O)NC1CCCCC1.Cl.Cl. The van der Waals surface area contributed by atoms with E-state index in [0.29, 0.717) is 13.1 Å². The van der Waals surface area contributed by atoms with Crippen molar-refractivity contribution in [3.05, 3.63) is 0 Å². The Labute approximate surface area is 199 Å². The third kappa shape index (κ3) is 11.5. The standard InChI is InChI=1S/C21H40N4O4.2ClH/c1-16(28-20(26)23-18-10-5-3-6-11-18)25(15-9-14-22)17(2)29-21(27)24-19-12-7-4-8-13-19;;/h16-19H,3-15,22H2,1-2H3,(H,23,26)(H,24,27);2*1H. The molecule has 0 aliphatic heterocycles. The lowest BCUT2D eigenvalue weighted by Gasteiger charge is -2.34. The van der Waals surface area contributed by atoms with Crippen LogP contribution in [0.3, 0.4) is 0 Å². The van der Waals surface area contributed by atoms with Gasteiger partial charge >= 0.3 is 12.2 Å². The van der Waals surface area contributed by atoms with Gasteiger partial charge in [0, 0.05) is 18.6 Å². The van der Waals surface area contributed by atoms with Crippen molar-refractivity contribution in [3.63, 3.8) is 0 Å². The summed E-state index contributed by atoms with van der Waals surface area (Å²) in [6.45, 7) is 4.69. The molecule has 2 aliphatic carbocycles. The van der Waals surface area contributed by atoms with Gasteiger partial charge < -0.3 is 25.8 Å². The molecule has 2 amide bonds. The van der Waals surface area contributed by atoms with Crippen LogP contribution in [0.1, 0.15) is 84.5 Å². The van der Waals surface area contributed by atoms with Crippen LogP contribution in [-0.4, -0.2) is 54.7 Å². The molecule has 2 atom stereocenters. The van der Waals surface area contributed by atoms with Crippen LogP contribution in [0.25, 0.3) is 0 Å². The third-order valence-electron chi connectivity index (χ3n) is 5.96. The Kier molecular flexibility index (Phi) is 16.1. The topological polar surface area (TPSA) is 106 Å². The summed E-state index contributed by atoms with van der Waals surface area (Å²) in [5.74, 6) is 0. The maximum Gasteiger partial charge on any atom is 0.408 e. The number of nitrogens with zero attached hydrogens (tertiary/aromatic N) is 1. The average Bonchev–Trinajstić information content (AvgIpc) is 2.69. The highest BCUT2D eigenvalue weighted by molar-refractivity contribution is 5.85. The summed E-state index contributed by atoms with van der Waals surface area (Å²) in [5.41, 5.74) is 5.66. The minimum absolute atomic E-state index is 0. The van der Waals surface area contributed by atoms with Crippen molar-refractivity contribution in [3.8, 4) is 0 Å². The Bertz CT molecular complexity index is 464. The van der Waals surface area contributed by atoms with Gasteiger partial charge in [-0.05, 0) is 52.5 Å². The summed E-state index contributed by atoms with van der Waals surface area (Å²) in [5, 5.41) is 5.92. The summed E-state index contributed by atoms with van der Waals surface area (Å²) >= 11 is 0. The van der Waals surface area contributed by atoms with Gasteiger partial charge in [-0.25, -0.2) is 14.5 Å². The number of alkyl carbamates (subject to hydrolysis) is 2. The third-order valence-corrected chi connectivity index (χ3v) is 5.96. The summed E-state index contributed by atoms with van der Waals surface area (Å²) in [7, 11) is 0. The lowest BCUT2D eigenvalue weighted by Crippen LogP contribution is -2.49. The fraction of sp³-hybridized carbons (Fsp3) is 0.905. The molecular weight excluding hydrogens is 443 g/mol. The molecule has 4 N–H and O–H groups in total. The van der Waals surface area contributed by atoms with E-state index in [0.717, 1.165) is 57.8 Å². The van der Waals surface area contributed by atoms with Gasteiger partial charge in [0.15, 0.2) is 12.5 Å². The highest BCUT2D eigenvalue weighted by Gasteiger charge is 2.27. The monoisotopic (exact) mass is 484 g/mol. The van der Waals surface area contributed by atoms with Gasteiger partial charge in [0.25, 0.3) is 0 Å². The molecule has 31 heavy (non-hydrogen) atoms. The van der Waals surface area contributed by atoms with Crippen LogP contribution in [-0.2, 0) is 9.47 Å². The van der Waals surface area contributed by atoms with E-state index in [1.54, 1.807) is 13.8 Å². The Hall–Kier alpha value is -0.960. The second kappa shape index (κ2) is 16.6. The molecule has 0 spiro atoms. The zero-order valence-corrected chi connectivity index (χ0v) is 20.6. The second-order valence-corrected chi connectivity index (χ2v) is 8.35. The number of hydrogen-bond acceptors (Lipinski definition) is 6. The number of carbonyl (C=O) groups is 2. The van der Waals surface area contributed by atoms with E-state index < -0.39 is 24.6 Å². The smallest absolute Gasteiger partial charge is 0.408 e. The van der Waals surface area contributed by atoms with Crippen LogP contribution in [0.2, 0.25) is 0 Å². The molecule has 2 fully saturated rings. The van der Waals surface area contributed by atoms with E-state index in [1.165, 1.54) is 12.8 Å². The molecule has 0 aromatic carbocycles. The molecule has 0 aromatic rings. The summed E-state index contributed by atoms with van der Waals surface area (Å²) in [6.07, 6.45) is 9.87. The zero-order chi connectivity index (χ0) is 21.1. The molecule has 184 valence electrons. The molecule has 0 bridgehead atoms. The highest BCUT2D eigenvalue weighted by atomic mass is 35.5. The number of halogens is 2. The van der Waals surface area contributed by atoms with E-state index in [1.807, 2.05) is 4.90 Å². The Balaban J connectivity index is 0.00000450. The first-order valence-electron chi connectivity index (χ1n) is 11.4. The Morgan fingerprint density at radius 3 is 1.58 bits per heavy atom. The fourth-order valence-electron chi connectivity index (χ4n) is 4.27. The van der Waals surface area contributed by atoms with Crippen LogP contribution in [0.15, 0.2) is 0 Å². The van der Waals surface area contributed by atoms with Crippen molar-refractivity contribution >= 4 is 37.0 Å². The van der Waals surface area contributed by atoms with Gasteiger partial charge in [0.05, 0.1) is 0 Å². The molecular formula is C21H42Cl2N4O4. The molecule has 0 aromatic heterocycles. The van der Waals surface area contributed by atoms with Gasteiger partial charge in [0.2, 0.25) is 0 Å². The largest absolute Gasteiger partial charge is 0.430 e. The van der Waals surface area contributed by atoms with Gasteiger partial charge in [-0.3, -0.25) is 0 Å². The van der Waals surface area contributed by atoms with Crippen molar-refractivity contribution in [2.75, 3.05) is 13.1 Å². The predicted octanol–water partition coefficient (Wildman–Crippen LogP) is 4.29. The highest BCUT2D eigenvalue weighted by Crippen LogP contribution is 2.19. The minimum atomic E-state index is -0.525. The minimum Gasteiger partial charge on any atom is -0.430 e. The predicted molar refractivity (Wildman–Crippen MR) is 127 cm³/mol. The average molecular weight is 485 g/mol. The molecule has 10 heteroatoms. The van der Waals surface area contributed by atoms with Crippen LogP contribution in [0.5, 0.6) is 0 Å². The molecule has 2 saturated carbocycles. The summed E-state index contributed by atoms with van der Waals surface area (Å²) in [4.78, 5) is 26.5. The summed E-state index contributed by atoms with van der Waals surface area (Å²) in [6, 6.07) is 0.381. The second-order valence-electron chi connectivity index (χ2n) is 8.35. The van der Waals surface area contributed by atoms with Crippen molar-refractivity contribution in [2.24, 2.45) is 5.73 Å². The lowest BCUT2D eigenvalue weighted by atomic mass is 9.96. The number of ether oxygens (including phenoxy) is 2. The number of carbonyl (C=O) groups excluding carboxylic acids is 2. The van der Waals surface area contributed by atoms with Crippen LogP contribution < -0.4 is 16.4 Å². The van der Waals surface area contributed by atoms with Crippen LogP contribution >= 0.6 is 24.8 Å². The number of hydrogen-bond donors (Lipinski definition) is 3. The maximum atomic E-state index is 12.3. The molecule has 0 heterocycles. The van der Waals surface area contributed by atoms with Gasteiger partial charge in [-0.1, -0.05) is 38.5 Å². The number of rotatable bonds is 9. The molecule has 8 nitrogen and oxygen atoms in total. The van der Waals surface area contributed by atoms with Crippen molar-refractivity contribution < 1.29 is 19.1 Å². The van der Waals surface area contributed by atoms with Gasteiger partial charge in [-0.15, -0.1) is 24.8 Å². The molecule has 0 radical (unpaired) electrons. The van der Waals surface area contributed by atoms with E-state index in [-0.39, 0.29) is 36.9 Å². The molecule has 2 rings (SSSR count). The van der Waals surface area contributed by atoms with Crippen molar-refractivity contribution in [2.45, 2.75) is 109 Å². The van der Waals surface area contributed by atoms with Crippen LogP contribution in [0, 0.1) is 0 Å². The zero-order valence-electron chi connectivity index (χ0n) is 19.0. The van der Waals surface area contributed by atoms with E-state index in [2.05, 4.69) is 10.6 Å². The van der Waals surface area contributed by atoms with Gasteiger partial charge in [-0.2, -0.15) is 0 Å². The Morgan fingerprint density at radius 2 is 1.23 bits per heavy atom. The fourth-order valence-corrected chi connectivity index (χ4v) is 4.27. The van der Waals surface area contributed by atoms with Crippen molar-refractivity contribution in [1.29, 1.82) is 0 Å². The molecule has 2 unspecified atom stereocenters. The first-order chi connectivity index (χ1) is 14.0. The van der Waals surface area contributed by atoms with E-state index in [4.69, 9.17) is 15.2 Å². The quantitative estimate of drug-likeness (QED) is 0.421. The number of nitrogens with one attached hydrogen (secondary N) is 2. The lowest BCUT2D eigenvalue weighted by molar-refractivity contribution is -0.0925. The van der Waals surface area contributed by atoms with Crippen molar-refractivity contribution in [1.82, 2.24) is 15.5 Å². The molecule has 2 aliphatic rings. The van der Waals surface area contributed by atoms with Gasteiger partial charge in [0.1, 0.15) is 0 Å². The first-order valence-corrected chi connectivity index (χ1v) is 11.4. The van der Waals surface area contributed by atoms with Crippen LogP contribution in [0.4, 0.5) is 9.59 Å². The normalized spacial score (nSPS) is 19.4. The number of amides is 2.